The molecule has 1 saturated heterocycles. The summed E-state index contributed by atoms with van der Waals surface area (Å²) in [4.78, 5) is 20.4. The second-order valence-corrected chi connectivity index (χ2v) is 9.02. The number of hydrogen-bond acceptors (Lipinski definition) is 8. The molecule has 2 aromatic heterocycles. The SMILES string of the molecule is CCCN(Cc1nnc(-c2cccs2)o1)C(=O)CN1CCN(CCOc2ccccc2)CC1. The molecular formula is C24H31N5O3S. The zero-order chi connectivity index (χ0) is 22.9. The van der Waals surface area contributed by atoms with Crippen LogP contribution in [0.2, 0.25) is 0 Å². The van der Waals surface area contributed by atoms with Crippen molar-refractivity contribution in [3.8, 4) is 16.5 Å². The maximum absolute atomic E-state index is 13.0. The third kappa shape index (κ3) is 6.86. The largest absolute Gasteiger partial charge is 0.492 e. The van der Waals surface area contributed by atoms with Gasteiger partial charge in [-0.3, -0.25) is 14.6 Å². The second-order valence-electron chi connectivity index (χ2n) is 8.07. The first kappa shape index (κ1) is 23.4. The van der Waals surface area contributed by atoms with E-state index in [1.807, 2.05) is 52.7 Å². The number of thiophene rings is 1. The number of benzene rings is 1. The van der Waals surface area contributed by atoms with Gasteiger partial charge in [0, 0.05) is 39.3 Å². The Morgan fingerprint density at radius 1 is 1.09 bits per heavy atom. The Labute approximate surface area is 198 Å². The molecule has 1 fully saturated rings. The molecule has 0 bridgehead atoms. The van der Waals surface area contributed by atoms with E-state index in [4.69, 9.17) is 9.15 Å². The number of carbonyl (C=O) groups is 1. The summed E-state index contributed by atoms with van der Waals surface area (Å²) in [7, 11) is 0. The van der Waals surface area contributed by atoms with E-state index in [2.05, 4.69) is 26.9 Å². The summed E-state index contributed by atoms with van der Waals surface area (Å²) >= 11 is 1.56. The predicted octanol–water partition coefficient (Wildman–Crippen LogP) is 3.23. The summed E-state index contributed by atoms with van der Waals surface area (Å²) in [5.74, 6) is 2.00. The number of hydrogen-bond donors (Lipinski definition) is 0. The lowest BCUT2D eigenvalue weighted by Gasteiger charge is -2.35. The Morgan fingerprint density at radius 2 is 1.88 bits per heavy atom. The topological polar surface area (TPSA) is 74.9 Å². The van der Waals surface area contributed by atoms with Crippen LogP contribution in [0.25, 0.3) is 10.8 Å². The van der Waals surface area contributed by atoms with Crippen molar-refractivity contribution in [2.45, 2.75) is 19.9 Å². The van der Waals surface area contributed by atoms with Crippen LogP contribution in [-0.2, 0) is 11.3 Å². The number of aromatic nitrogens is 2. The molecule has 0 radical (unpaired) electrons. The van der Waals surface area contributed by atoms with Gasteiger partial charge in [0.05, 0.1) is 18.0 Å². The van der Waals surface area contributed by atoms with Crippen LogP contribution in [-0.4, -0.2) is 83.2 Å². The molecule has 0 saturated carbocycles. The minimum atomic E-state index is 0.105. The molecule has 33 heavy (non-hydrogen) atoms. The maximum Gasteiger partial charge on any atom is 0.257 e. The van der Waals surface area contributed by atoms with Gasteiger partial charge in [0.15, 0.2) is 0 Å². The van der Waals surface area contributed by atoms with Crippen LogP contribution in [0, 0.1) is 0 Å². The van der Waals surface area contributed by atoms with Crippen molar-refractivity contribution in [2.24, 2.45) is 0 Å². The number of rotatable bonds is 11. The van der Waals surface area contributed by atoms with Gasteiger partial charge in [0.1, 0.15) is 12.4 Å². The van der Waals surface area contributed by atoms with Gasteiger partial charge in [-0.15, -0.1) is 21.5 Å². The van der Waals surface area contributed by atoms with Crippen LogP contribution in [0.4, 0.5) is 0 Å². The highest BCUT2D eigenvalue weighted by atomic mass is 32.1. The molecule has 3 heterocycles. The van der Waals surface area contributed by atoms with Crippen molar-refractivity contribution >= 4 is 17.2 Å². The molecule has 9 heteroatoms. The normalized spacial score (nSPS) is 14.9. The van der Waals surface area contributed by atoms with Crippen molar-refractivity contribution in [1.29, 1.82) is 0 Å². The average Bonchev–Trinajstić information content (AvgIpc) is 3.53. The molecule has 0 N–H and O–H groups in total. The zero-order valence-electron chi connectivity index (χ0n) is 19.1. The van der Waals surface area contributed by atoms with E-state index in [1.54, 1.807) is 11.3 Å². The molecule has 3 aromatic rings. The Kier molecular flexibility index (Phi) is 8.46. The molecule has 0 spiro atoms. The summed E-state index contributed by atoms with van der Waals surface area (Å²) in [5.41, 5.74) is 0. The molecule has 4 rings (SSSR count). The molecule has 0 aliphatic carbocycles. The molecule has 176 valence electrons. The fraction of sp³-hybridized carbons (Fsp3) is 0.458. The molecule has 1 aliphatic rings. The lowest BCUT2D eigenvalue weighted by Crippen LogP contribution is -2.50. The first-order valence-corrected chi connectivity index (χ1v) is 12.4. The van der Waals surface area contributed by atoms with Crippen LogP contribution >= 0.6 is 11.3 Å². The number of carbonyl (C=O) groups excluding carboxylic acids is 1. The van der Waals surface area contributed by atoms with E-state index in [9.17, 15) is 4.79 Å². The predicted molar refractivity (Wildman–Crippen MR) is 128 cm³/mol. The third-order valence-electron chi connectivity index (χ3n) is 5.61. The summed E-state index contributed by atoms with van der Waals surface area (Å²) in [6.07, 6.45) is 0.882. The summed E-state index contributed by atoms with van der Waals surface area (Å²) < 4.78 is 11.6. The smallest absolute Gasteiger partial charge is 0.257 e. The molecular weight excluding hydrogens is 438 g/mol. The summed E-state index contributed by atoms with van der Waals surface area (Å²) in [5, 5.41) is 10.3. The fourth-order valence-electron chi connectivity index (χ4n) is 3.81. The van der Waals surface area contributed by atoms with Gasteiger partial charge < -0.3 is 14.1 Å². The number of ether oxygens (including phenoxy) is 1. The van der Waals surface area contributed by atoms with Crippen LogP contribution < -0.4 is 4.74 Å². The number of amides is 1. The van der Waals surface area contributed by atoms with E-state index in [0.717, 1.165) is 49.8 Å². The van der Waals surface area contributed by atoms with Crippen molar-refractivity contribution in [3.05, 3.63) is 53.7 Å². The summed E-state index contributed by atoms with van der Waals surface area (Å²) in [6, 6.07) is 13.8. The van der Waals surface area contributed by atoms with Crippen molar-refractivity contribution in [2.75, 3.05) is 52.4 Å². The fourth-order valence-corrected chi connectivity index (χ4v) is 4.46. The van der Waals surface area contributed by atoms with E-state index in [1.165, 1.54) is 0 Å². The molecule has 8 nitrogen and oxygen atoms in total. The van der Waals surface area contributed by atoms with Gasteiger partial charge in [-0.05, 0) is 30.0 Å². The molecule has 1 aliphatic heterocycles. The maximum atomic E-state index is 13.0. The van der Waals surface area contributed by atoms with Crippen molar-refractivity contribution in [1.82, 2.24) is 24.9 Å². The Morgan fingerprint density at radius 3 is 2.61 bits per heavy atom. The lowest BCUT2D eigenvalue weighted by molar-refractivity contribution is -0.133. The second kappa shape index (κ2) is 11.9. The van der Waals surface area contributed by atoms with Gasteiger partial charge in [0.2, 0.25) is 11.8 Å². The molecule has 0 atom stereocenters. The van der Waals surface area contributed by atoms with Gasteiger partial charge in [-0.1, -0.05) is 31.2 Å². The van der Waals surface area contributed by atoms with Gasteiger partial charge >= 0.3 is 0 Å². The van der Waals surface area contributed by atoms with Gasteiger partial charge in [-0.25, -0.2) is 0 Å². The highest BCUT2D eigenvalue weighted by Gasteiger charge is 2.23. The van der Waals surface area contributed by atoms with Crippen LogP contribution in [0.15, 0.2) is 52.3 Å². The molecule has 1 aromatic carbocycles. The van der Waals surface area contributed by atoms with Crippen molar-refractivity contribution < 1.29 is 13.9 Å². The number of para-hydroxylation sites is 1. The monoisotopic (exact) mass is 469 g/mol. The minimum Gasteiger partial charge on any atom is -0.492 e. The first-order valence-electron chi connectivity index (χ1n) is 11.5. The first-order chi connectivity index (χ1) is 16.2. The van der Waals surface area contributed by atoms with Crippen LogP contribution in [0.1, 0.15) is 19.2 Å². The van der Waals surface area contributed by atoms with E-state index in [0.29, 0.717) is 38.0 Å². The van der Waals surface area contributed by atoms with E-state index >= 15 is 0 Å². The minimum absolute atomic E-state index is 0.105. The summed E-state index contributed by atoms with van der Waals surface area (Å²) in [6.45, 7) is 8.70. The van der Waals surface area contributed by atoms with E-state index in [-0.39, 0.29) is 5.91 Å². The molecule has 1 amide bonds. The lowest BCUT2D eigenvalue weighted by atomic mass is 10.3. The van der Waals surface area contributed by atoms with Gasteiger partial charge in [-0.2, -0.15) is 0 Å². The Hall–Kier alpha value is -2.75. The van der Waals surface area contributed by atoms with Crippen molar-refractivity contribution in [3.63, 3.8) is 0 Å². The van der Waals surface area contributed by atoms with E-state index < -0.39 is 0 Å². The highest BCUT2D eigenvalue weighted by Crippen LogP contribution is 2.23. The Balaban J connectivity index is 1.21. The zero-order valence-corrected chi connectivity index (χ0v) is 19.9. The van der Waals surface area contributed by atoms with Gasteiger partial charge in [0.25, 0.3) is 5.89 Å². The standard InChI is InChI=1S/C24H31N5O3S/c1-2-10-29(18-22-25-26-24(32-22)21-9-6-17-33-21)23(30)19-28-13-11-27(12-14-28)15-16-31-20-7-4-3-5-8-20/h3-9,17H,2,10-16,18-19H2,1H3. The number of nitrogens with zero attached hydrogens (tertiary/aromatic N) is 5. The number of piperazine rings is 1. The third-order valence-corrected chi connectivity index (χ3v) is 6.47. The Bertz CT molecular complexity index is 971. The average molecular weight is 470 g/mol. The quantitative estimate of drug-likeness (QED) is 0.427. The highest BCUT2D eigenvalue weighted by molar-refractivity contribution is 7.13. The van der Waals surface area contributed by atoms with Crippen LogP contribution in [0.5, 0.6) is 5.75 Å². The van der Waals surface area contributed by atoms with Crippen LogP contribution in [0.3, 0.4) is 0 Å². The molecule has 0 unspecified atom stereocenters.